The highest BCUT2D eigenvalue weighted by Crippen LogP contribution is 2.28. The number of hydrogen-bond donors (Lipinski definition) is 1. The molecule has 0 aliphatic rings. The first-order chi connectivity index (χ1) is 12.3. The molecule has 0 saturated carbocycles. The van der Waals surface area contributed by atoms with E-state index < -0.39 is 0 Å². The van der Waals surface area contributed by atoms with Gasteiger partial charge in [0.2, 0.25) is 5.13 Å². The molecule has 0 aliphatic heterocycles. The maximum absolute atomic E-state index is 5.57. The largest absolute Gasteiger partial charge is 0.493 e. The van der Waals surface area contributed by atoms with E-state index in [1.807, 2.05) is 60.8 Å². The monoisotopic (exact) mass is 353 g/mol. The fraction of sp³-hybridized carbons (Fsp3) is 0.158. The van der Waals surface area contributed by atoms with E-state index in [0.717, 1.165) is 22.0 Å². The van der Waals surface area contributed by atoms with Gasteiger partial charge in [-0.15, -0.1) is 11.3 Å². The number of rotatable bonds is 7. The van der Waals surface area contributed by atoms with Gasteiger partial charge in [-0.3, -0.25) is 5.43 Å². The molecular formula is C19H19N3O2S. The molecule has 3 aromatic rings. The third kappa shape index (κ3) is 4.36. The molecule has 0 radical (unpaired) electrons. The maximum atomic E-state index is 5.57. The minimum Gasteiger partial charge on any atom is -0.493 e. The number of nitrogens with zero attached hydrogens (tertiary/aromatic N) is 2. The Morgan fingerprint density at radius 1 is 1.16 bits per heavy atom. The molecule has 0 aliphatic carbocycles. The van der Waals surface area contributed by atoms with Crippen LogP contribution in [0.5, 0.6) is 11.5 Å². The number of ether oxygens (including phenoxy) is 2. The summed E-state index contributed by atoms with van der Waals surface area (Å²) in [6, 6.07) is 15.7. The summed E-state index contributed by atoms with van der Waals surface area (Å²) in [7, 11) is 1.62. The van der Waals surface area contributed by atoms with Gasteiger partial charge in [-0.2, -0.15) is 5.10 Å². The van der Waals surface area contributed by atoms with Gasteiger partial charge in [0.25, 0.3) is 0 Å². The molecular weight excluding hydrogens is 334 g/mol. The number of benzene rings is 2. The first kappa shape index (κ1) is 17.0. The summed E-state index contributed by atoms with van der Waals surface area (Å²) >= 11 is 1.52. The van der Waals surface area contributed by atoms with Crippen LogP contribution < -0.4 is 14.9 Å². The molecule has 0 fully saturated rings. The molecule has 3 rings (SSSR count). The van der Waals surface area contributed by atoms with Crippen molar-refractivity contribution in [3.05, 3.63) is 59.5 Å². The number of thiazole rings is 1. The van der Waals surface area contributed by atoms with Crippen molar-refractivity contribution in [2.75, 3.05) is 19.1 Å². The van der Waals surface area contributed by atoms with Crippen LogP contribution in [0, 0.1) is 0 Å². The Hall–Kier alpha value is -2.86. The van der Waals surface area contributed by atoms with Crippen molar-refractivity contribution in [1.29, 1.82) is 0 Å². The Morgan fingerprint density at radius 2 is 2.00 bits per heavy atom. The lowest BCUT2D eigenvalue weighted by molar-refractivity contribution is 0.311. The number of aromatic nitrogens is 1. The van der Waals surface area contributed by atoms with Crippen LogP contribution in [0.1, 0.15) is 12.5 Å². The van der Waals surface area contributed by atoms with E-state index in [2.05, 4.69) is 15.5 Å². The predicted molar refractivity (Wildman–Crippen MR) is 103 cm³/mol. The summed E-state index contributed by atoms with van der Waals surface area (Å²) in [5.74, 6) is 1.41. The summed E-state index contributed by atoms with van der Waals surface area (Å²) in [6.07, 6.45) is 1.73. The third-order valence-corrected chi connectivity index (χ3v) is 4.18. The Morgan fingerprint density at radius 3 is 2.76 bits per heavy atom. The fourth-order valence-electron chi connectivity index (χ4n) is 2.27. The van der Waals surface area contributed by atoms with Gasteiger partial charge in [0, 0.05) is 10.9 Å². The minimum absolute atomic E-state index is 0.580. The van der Waals surface area contributed by atoms with Gasteiger partial charge in [0.15, 0.2) is 11.5 Å². The highest BCUT2D eigenvalue weighted by Gasteiger charge is 2.05. The number of hydrogen-bond acceptors (Lipinski definition) is 6. The van der Waals surface area contributed by atoms with Crippen LogP contribution in [0.15, 0.2) is 59.0 Å². The third-order valence-electron chi connectivity index (χ3n) is 3.44. The zero-order valence-corrected chi connectivity index (χ0v) is 14.9. The zero-order valence-electron chi connectivity index (χ0n) is 14.1. The van der Waals surface area contributed by atoms with Crippen LogP contribution in [0.3, 0.4) is 0 Å². The van der Waals surface area contributed by atoms with Crippen LogP contribution in [-0.4, -0.2) is 24.9 Å². The fourth-order valence-corrected chi connectivity index (χ4v) is 2.94. The van der Waals surface area contributed by atoms with Gasteiger partial charge in [0.1, 0.15) is 0 Å². The quantitative estimate of drug-likeness (QED) is 0.496. The van der Waals surface area contributed by atoms with E-state index >= 15 is 0 Å². The Bertz CT molecular complexity index is 847. The second-order valence-electron chi connectivity index (χ2n) is 5.12. The smallest absolute Gasteiger partial charge is 0.203 e. The zero-order chi connectivity index (χ0) is 17.5. The van der Waals surface area contributed by atoms with E-state index in [0.29, 0.717) is 18.1 Å². The molecule has 0 bridgehead atoms. The van der Waals surface area contributed by atoms with Crippen LogP contribution >= 0.6 is 11.3 Å². The second-order valence-corrected chi connectivity index (χ2v) is 5.98. The van der Waals surface area contributed by atoms with E-state index in [1.54, 1.807) is 13.3 Å². The van der Waals surface area contributed by atoms with Gasteiger partial charge in [-0.1, -0.05) is 30.3 Å². The van der Waals surface area contributed by atoms with Gasteiger partial charge in [-0.25, -0.2) is 4.98 Å². The van der Waals surface area contributed by atoms with Crippen molar-refractivity contribution >= 4 is 22.7 Å². The molecule has 0 unspecified atom stereocenters. The first-order valence-corrected chi connectivity index (χ1v) is 8.79. The Balaban J connectivity index is 1.67. The van der Waals surface area contributed by atoms with E-state index in [9.17, 15) is 0 Å². The Kier molecular flexibility index (Phi) is 5.64. The van der Waals surface area contributed by atoms with Crippen molar-refractivity contribution in [3.8, 4) is 22.8 Å². The summed E-state index contributed by atoms with van der Waals surface area (Å²) in [5, 5.41) is 7.00. The molecule has 0 saturated heterocycles. The van der Waals surface area contributed by atoms with Crippen molar-refractivity contribution in [1.82, 2.24) is 4.98 Å². The topological polar surface area (TPSA) is 55.7 Å². The summed E-state index contributed by atoms with van der Waals surface area (Å²) in [6.45, 7) is 2.52. The summed E-state index contributed by atoms with van der Waals surface area (Å²) in [4.78, 5) is 4.54. The minimum atomic E-state index is 0.580. The molecule has 6 heteroatoms. The van der Waals surface area contributed by atoms with Crippen LogP contribution in [0.2, 0.25) is 0 Å². The maximum Gasteiger partial charge on any atom is 0.203 e. The molecule has 2 aromatic carbocycles. The van der Waals surface area contributed by atoms with Gasteiger partial charge in [-0.05, 0) is 30.7 Å². The molecule has 1 heterocycles. The van der Waals surface area contributed by atoms with Crippen LogP contribution in [0.4, 0.5) is 5.13 Å². The molecule has 0 spiro atoms. The second kappa shape index (κ2) is 8.30. The average molecular weight is 353 g/mol. The molecule has 0 atom stereocenters. The molecule has 128 valence electrons. The highest BCUT2D eigenvalue weighted by atomic mass is 32.1. The molecule has 0 amide bonds. The van der Waals surface area contributed by atoms with Gasteiger partial charge >= 0.3 is 0 Å². The van der Waals surface area contributed by atoms with Crippen molar-refractivity contribution < 1.29 is 9.47 Å². The summed E-state index contributed by atoms with van der Waals surface area (Å²) < 4.78 is 10.8. The lowest BCUT2D eigenvalue weighted by Gasteiger charge is -2.09. The number of hydrazone groups is 1. The normalized spacial score (nSPS) is 10.8. The van der Waals surface area contributed by atoms with Crippen LogP contribution in [-0.2, 0) is 0 Å². The summed E-state index contributed by atoms with van der Waals surface area (Å²) in [5.41, 5.74) is 5.91. The van der Waals surface area contributed by atoms with Crippen LogP contribution in [0.25, 0.3) is 11.3 Å². The van der Waals surface area contributed by atoms with Gasteiger partial charge < -0.3 is 9.47 Å². The SMILES string of the molecule is CCOc1cc(/C=N\Nc2nc(-c3ccccc3)cs2)ccc1OC. The standard InChI is InChI=1S/C19H19N3O2S/c1-3-24-18-11-14(9-10-17(18)23-2)12-20-22-19-21-16(13-25-19)15-7-5-4-6-8-15/h4-13H,3H2,1-2H3,(H,21,22)/b20-12-. The molecule has 25 heavy (non-hydrogen) atoms. The van der Waals surface area contributed by atoms with Crippen molar-refractivity contribution in [3.63, 3.8) is 0 Å². The van der Waals surface area contributed by atoms with Crippen molar-refractivity contribution in [2.24, 2.45) is 5.10 Å². The number of anilines is 1. The van der Waals surface area contributed by atoms with Crippen molar-refractivity contribution in [2.45, 2.75) is 6.92 Å². The lowest BCUT2D eigenvalue weighted by atomic mass is 10.2. The van der Waals surface area contributed by atoms with E-state index in [-0.39, 0.29) is 0 Å². The average Bonchev–Trinajstić information content (AvgIpc) is 3.12. The van der Waals surface area contributed by atoms with Gasteiger partial charge in [0.05, 0.1) is 25.6 Å². The molecule has 5 nitrogen and oxygen atoms in total. The predicted octanol–water partition coefficient (Wildman–Crippen LogP) is 4.66. The lowest BCUT2D eigenvalue weighted by Crippen LogP contribution is -1.97. The number of nitrogens with one attached hydrogen (secondary N) is 1. The Labute approximate surface area is 151 Å². The van der Waals surface area contributed by atoms with E-state index in [4.69, 9.17) is 9.47 Å². The molecule has 1 aromatic heterocycles. The molecule has 1 N–H and O–H groups in total. The number of methoxy groups -OCH3 is 1. The highest BCUT2D eigenvalue weighted by molar-refractivity contribution is 7.14. The van der Waals surface area contributed by atoms with E-state index in [1.165, 1.54) is 11.3 Å². The first-order valence-electron chi connectivity index (χ1n) is 7.91.